The molecular formula is C18H29N. The van der Waals surface area contributed by atoms with E-state index >= 15 is 0 Å². The summed E-state index contributed by atoms with van der Waals surface area (Å²) in [5.41, 5.74) is 3.37. The summed E-state index contributed by atoms with van der Waals surface area (Å²) in [6.45, 7) is 6.94. The summed E-state index contributed by atoms with van der Waals surface area (Å²) in [4.78, 5) is 0. The third kappa shape index (κ3) is 3.82. The van der Waals surface area contributed by atoms with Crippen molar-refractivity contribution in [1.29, 1.82) is 0 Å². The first-order valence-electron chi connectivity index (χ1n) is 7.77. The highest BCUT2D eigenvalue weighted by atomic mass is 14.9. The molecule has 0 bridgehead atoms. The molecule has 1 aliphatic rings. The van der Waals surface area contributed by atoms with Crippen molar-refractivity contribution in [2.75, 3.05) is 7.05 Å². The first kappa shape index (κ1) is 14.6. The fourth-order valence-electron chi connectivity index (χ4n) is 3.02. The number of aryl methyl sites for hydroxylation is 1. The standard InChI is InChI=1S/C18H29N/c1-18(2,3)17(19-4)13-10-14-8-11-16(12-9-14)15-6-5-7-15/h8-9,11-12,15,17,19H,5-7,10,13H2,1-4H3. The molecular weight excluding hydrogens is 230 g/mol. The van der Waals surface area contributed by atoms with Crippen LogP contribution in [0.3, 0.4) is 0 Å². The van der Waals surface area contributed by atoms with Crippen molar-refractivity contribution in [3.05, 3.63) is 35.4 Å². The molecule has 1 atom stereocenters. The van der Waals surface area contributed by atoms with Gasteiger partial charge >= 0.3 is 0 Å². The van der Waals surface area contributed by atoms with Crippen LogP contribution >= 0.6 is 0 Å². The molecule has 19 heavy (non-hydrogen) atoms. The molecule has 1 aromatic carbocycles. The van der Waals surface area contributed by atoms with E-state index in [0.717, 1.165) is 5.92 Å². The molecule has 0 heterocycles. The third-order valence-electron chi connectivity index (χ3n) is 4.67. The highest BCUT2D eigenvalue weighted by Crippen LogP contribution is 2.36. The number of hydrogen-bond donors (Lipinski definition) is 1. The van der Waals surface area contributed by atoms with Gasteiger partial charge in [-0.3, -0.25) is 0 Å². The quantitative estimate of drug-likeness (QED) is 0.819. The van der Waals surface area contributed by atoms with Gasteiger partial charge in [-0.25, -0.2) is 0 Å². The summed E-state index contributed by atoms with van der Waals surface area (Å²) in [6.07, 6.45) is 6.59. The smallest absolute Gasteiger partial charge is 0.0116 e. The van der Waals surface area contributed by atoms with Crippen LogP contribution in [0.4, 0.5) is 0 Å². The minimum atomic E-state index is 0.334. The van der Waals surface area contributed by atoms with E-state index in [1.807, 2.05) is 0 Å². The number of rotatable bonds is 5. The molecule has 1 aliphatic carbocycles. The Balaban J connectivity index is 1.88. The van der Waals surface area contributed by atoms with Crippen molar-refractivity contribution in [2.24, 2.45) is 5.41 Å². The van der Waals surface area contributed by atoms with E-state index < -0.39 is 0 Å². The molecule has 1 heteroatoms. The van der Waals surface area contributed by atoms with Crippen LogP contribution in [-0.2, 0) is 6.42 Å². The van der Waals surface area contributed by atoms with Crippen LogP contribution in [0.1, 0.15) is 63.5 Å². The average molecular weight is 259 g/mol. The Morgan fingerprint density at radius 3 is 2.21 bits per heavy atom. The van der Waals surface area contributed by atoms with Crippen molar-refractivity contribution in [3.63, 3.8) is 0 Å². The Kier molecular flexibility index (Phi) is 4.67. The summed E-state index contributed by atoms with van der Waals surface area (Å²) in [6, 6.07) is 9.96. The molecule has 0 aromatic heterocycles. The number of nitrogens with one attached hydrogen (secondary N) is 1. The van der Waals surface area contributed by atoms with Gasteiger partial charge in [0.2, 0.25) is 0 Å². The molecule has 1 N–H and O–H groups in total. The van der Waals surface area contributed by atoms with Crippen LogP contribution in [0.25, 0.3) is 0 Å². The normalized spacial score (nSPS) is 18.1. The summed E-state index contributed by atoms with van der Waals surface area (Å²) in [5.74, 6) is 0.855. The number of hydrogen-bond acceptors (Lipinski definition) is 1. The van der Waals surface area contributed by atoms with Gasteiger partial charge in [0.15, 0.2) is 0 Å². The topological polar surface area (TPSA) is 12.0 Å². The van der Waals surface area contributed by atoms with E-state index in [2.05, 4.69) is 57.4 Å². The monoisotopic (exact) mass is 259 g/mol. The zero-order valence-electron chi connectivity index (χ0n) is 13.0. The largest absolute Gasteiger partial charge is 0.316 e. The lowest BCUT2D eigenvalue weighted by Gasteiger charge is -2.30. The summed E-state index contributed by atoms with van der Waals surface area (Å²) >= 11 is 0. The fraction of sp³-hybridized carbons (Fsp3) is 0.667. The Morgan fingerprint density at radius 1 is 1.16 bits per heavy atom. The lowest BCUT2D eigenvalue weighted by molar-refractivity contribution is 0.268. The molecule has 0 radical (unpaired) electrons. The molecule has 0 amide bonds. The highest BCUT2D eigenvalue weighted by Gasteiger charge is 2.22. The molecule has 106 valence electrons. The Morgan fingerprint density at radius 2 is 1.79 bits per heavy atom. The van der Waals surface area contributed by atoms with Gasteiger partial charge < -0.3 is 5.32 Å². The Bertz CT molecular complexity index is 381. The van der Waals surface area contributed by atoms with Crippen LogP contribution in [0.5, 0.6) is 0 Å². The van der Waals surface area contributed by atoms with Crippen LogP contribution in [0, 0.1) is 5.41 Å². The minimum absolute atomic E-state index is 0.334. The van der Waals surface area contributed by atoms with E-state index in [9.17, 15) is 0 Å². The zero-order valence-corrected chi connectivity index (χ0v) is 13.0. The fourth-order valence-corrected chi connectivity index (χ4v) is 3.02. The van der Waals surface area contributed by atoms with Crippen LogP contribution in [0.2, 0.25) is 0 Å². The average Bonchev–Trinajstić information content (AvgIpc) is 2.28. The Labute approximate surface area is 118 Å². The second-order valence-electron chi connectivity index (χ2n) is 7.12. The van der Waals surface area contributed by atoms with Gasteiger partial charge in [0.05, 0.1) is 0 Å². The molecule has 0 aliphatic heterocycles. The lowest BCUT2D eigenvalue weighted by atomic mass is 9.79. The van der Waals surface area contributed by atoms with Gasteiger partial charge in [-0.2, -0.15) is 0 Å². The predicted octanol–water partition coefficient (Wildman–Crippen LogP) is 4.52. The second-order valence-corrected chi connectivity index (χ2v) is 7.12. The van der Waals surface area contributed by atoms with Crippen molar-refractivity contribution < 1.29 is 0 Å². The van der Waals surface area contributed by atoms with Crippen molar-refractivity contribution in [1.82, 2.24) is 5.32 Å². The van der Waals surface area contributed by atoms with Gasteiger partial charge in [0.1, 0.15) is 0 Å². The van der Waals surface area contributed by atoms with Gasteiger partial charge in [0, 0.05) is 6.04 Å². The van der Waals surface area contributed by atoms with Gasteiger partial charge in [-0.15, -0.1) is 0 Å². The first-order valence-corrected chi connectivity index (χ1v) is 7.77. The molecule has 0 saturated heterocycles. The van der Waals surface area contributed by atoms with E-state index in [4.69, 9.17) is 0 Å². The van der Waals surface area contributed by atoms with E-state index in [-0.39, 0.29) is 0 Å². The van der Waals surface area contributed by atoms with Crippen molar-refractivity contribution in [3.8, 4) is 0 Å². The molecule has 1 unspecified atom stereocenters. The minimum Gasteiger partial charge on any atom is -0.316 e. The van der Waals surface area contributed by atoms with Crippen molar-refractivity contribution in [2.45, 2.75) is 64.8 Å². The summed E-state index contributed by atoms with van der Waals surface area (Å²) in [5, 5.41) is 3.46. The molecule has 1 fully saturated rings. The maximum absolute atomic E-state index is 3.46. The molecule has 1 saturated carbocycles. The lowest BCUT2D eigenvalue weighted by Crippen LogP contribution is -2.38. The molecule has 1 nitrogen and oxygen atoms in total. The SMILES string of the molecule is CNC(CCc1ccc(C2CCC2)cc1)C(C)(C)C. The molecule has 2 rings (SSSR count). The van der Waals surface area contributed by atoms with Gasteiger partial charge in [-0.05, 0) is 55.2 Å². The molecule has 0 spiro atoms. The zero-order chi connectivity index (χ0) is 13.9. The second kappa shape index (κ2) is 6.09. The number of benzene rings is 1. The summed E-state index contributed by atoms with van der Waals surface area (Å²) in [7, 11) is 2.08. The van der Waals surface area contributed by atoms with Crippen molar-refractivity contribution >= 4 is 0 Å². The first-order chi connectivity index (χ1) is 9.00. The highest BCUT2D eigenvalue weighted by molar-refractivity contribution is 5.26. The Hall–Kier alpha value is -0.820. The third-order valence-corrected chi connectivity index (χ3v) is 4.67. The van der Waals surface area contributed by atoms with Gasteiger partial charge in [0.25, 0.3) is 0 Å². The maximum atomic E-state index is 3.46. The summed E-state index contributed by atoms with van der Waals surface area (Å²) < 4.78 is 0. The predicted molar refractivity (Wildman–Crippen MR) is 83.7 cm³/mol. The van der Waals surface area contributed by atoms with E-state index in [1.165, 1.54) is 37.7 Å². The van der Waals surface area contributed by atoms with Crippen LogP contribution in [0.15, 0.2) is 24.3 Å². The maximum Gasteiger partial charge on any atom is 0.0116 e. The van der Waals surface area contributed by atoms with Gasteiger partial charge in [-0.1, -0.05) is 51.5 Å². The van der Waals surface area contributed by atoms with E-state index in [0.29, 0.717) is 11.5 Å². The van der Waals surface area contributed by atoms with E-state index in [1.54, 1.807) is 5.56 Å². The van der Waals surface area contributed by atoms with Crippen LogP contribution in [-0.4, -0.2) is 13.1 Å². The van der Waals surface area contributed by atoms with Crippen LogP contribution < -0.4 is 5.32 Å². The molecule has 1 aromatic rings.